The van der Waals surface area contributed by atoms with Crippen LogP contribution in [0.1, 0.15) is 45.9 Å². The second-order valence-corrected chi connectivity index (χ2v) is 11.3. The summed E-state index contributed by atoms with van der Waals surface area (Å²) in [5.74, 6) is 0.603. The number of benzene rings is 2. The maximum Gasteiger partial charge on any atom is 0.341 e. The number of halogens is 1. The Morgan fingerprint density at radius 2 is 1.87 bits per heavy atom. The number of anilines is 1. The van der Waals surface area contributed by atoms with Gasteiger partial charge in [0.1, 0.15) is 16.3 Å². The van der Waals surface area contributed by atoms with E-state index in [0.717, 1.165) is 27.8 Å². The summed E-state index contributed by atoms with van der Waals surface area (Å²) in [5, 5.41) is 14.9. The Labute approximate surface area is 240 Å². The molecule has 1 amide bonds. The minimum absolute atomic E-state index is 0.0783. The fourth-order valence-electron chi connectivity index (χ4n) is 4.02. The van der Waals surface area contributed by atoms with Crippen molar-refractivity contribution >= 4 is 51.6 Å². The maximum absolute atomic E-state index is 12.9. The first-order chi connectivity index (χ1) is 18.6. The molecule has 0 saturated heterocycles. The predicted octanol–water partition coefficient (Wildman–Crippen LogP) is 6.78. The van der Waals surface area contributed by atoms with Gasteiger partial charge in [-0.1, -0.05) is 47.1 Å². The molecule has 8 nitrogen and oxygen atoms in total. The van der Waals surface area contributed by atoms with Crippen molar-refractivity contribution in [2.24, 2.45) is 7.05 Å². The minimum atomic E-state index is -0.502. The number of aromatic nitrogens is 3. The summed E-state index contributed by atoms with van der Waals surface area (Å²) in [6, 6.07) is 11.5. The van der Waals surface area contributed by atoms with Crippen molar-refractivity contribution in [2.45, 2.75) is 39.0 Å². The fourth-order valence-corrected chi connectivity index (χ4v) is 5.82. The van der Waals surface area contributed by atoms with E-state index in [4.69, 9.17) is 21.1 Å². The van der Waals surface area contributed by atoms with Gasteiger partial charge in [-0.2, -0.15) is 0 Å². The Kier molecular flexibility index (Phi) is 8.99. The lowest BCUT2D eigenvalue weighted by atomic mass is 9.97. The van der Waals surface area contributed by atoms with Crippen LogP contribution in [0, 0.1) is 20.8 Å². The van der Waals surface area contributed by atoms with Gasteiger partial charge >= 0.3 is 5.97 Å². The van der Waals surface area contributed by atoms with Crippen molar-refractivity contribution in [3.63, 3.8) is 0 Å². The number of methoxy groups -OCH3 is 1. The van der Waals surface area contributed by atoms with Crippen molar-refractivity contribution in [3.05, 3.63) is 74.9 Å². The number of esters is 1. The highest BCUT2D eigenvalue weighted by Crippen LogP contribution is 2.38. The highest BCUT2D eigenvalue weighted by Gasteiger charge is 2.24. The molecule has 39 heavy (non-hydrogen) atoms. The van der Waals surface area contributed by atoms with E-state index in [-0.39, 0.29) is 17.8 Å². The van der Waals surface area contributed by atoms with Crippen LogP contribution >= 0.6 is 34.7 Å². The zero-order chi connectivity index (χ0) is 28.3. The lowest BCUT2D eigenvalue weighted by Crippen LogP contribution is -2.16. The summed E-state index contributed by atoms with van der Waals surface area (Å²) >= 11 is 8.64. The summed E-state index contributed by atoms with van der Waals surface area (Å²) in [4.78, 5) is 25.6. The van der Waals surface area contributed by atoms with E-state index in [1.165, 1.54) is 30.2 Å². The first-order valence-electron chi connectivity index (χ1n) is 12.1. The molecule has 204 valence electrons. The lowest BCUT2D eigenvalue weighted by Gasteiger charge is -2.15. The minimum Gasteiger partial charge on any atom is -0.483 e. The monoisotopic (exact) mass is 584 g/mol. The number of aryl methyl sites for hydroxylation is 3. The van der Waals surface area contributed by atoms with E-state index < -0.39 is 5.97 Å². The second kappa shape index (κ2) is 12.2. The van der Waals surface area contributed by atoms with Crippen molar-refractivity contribution in [1.82, 2.24) is 14.8 Å². The van der Waals surface area contributed by atoms with Crippen LogP contribution in [-0.2, 0) is 16.6 Å². The molecule has 2 aromatic heterocycles. The van der Waals surface area contributed by atoms with E-state index in [9.17, 15) is 9.59 Å². The number of thioether (sulfide) groups is 1. The molecule has 4 aromatic rings. The average molecular weight is 585 g/mol. The molecule has 4 rings (SSSR count). The Bertz CT molecular complexity index is 1530. The number of hydrogen-bond acceptors (Lipinski definition) is 8. The van der Waals surface area contributed by atoms with Crippen molar-refractivity contribution < 1.29 is 19.1 Å². The van der Waals surface area contributed by atoms with Crippen molar-refractivity contribution in [1.29, 1.82) is 0 Å². The van der Waals surface area contributed by atoms with Gasteiger partial charge in [0.25, 0.3) is 0 Å². The number of thiophene rings is 1. The highest BCUT2D eigenvalue weighted by molar-refractivity contribution is 7.99. The molecule has 11 heteroatoms. The van der Waals surface area contributed by atoms with Gasteiger partial charge in [-0.05, 0) is 62.6 Å². The number of carbonyl (C=O) groups excluding carboxylic acids is 2. The van der Waals surface area contributed by atoms with Crippen LogP contribution in [-0.4, -0.2) is 39.5 Å². The fraction of sp³-hybridized carbons (Fsp3) is 0.286. The molecule has 1 unspecified atom stereocenters. The molecule has 0 aliphatic heterocycles. The molecule has 2 aromatic carbocycles. The first-order valence-corrected chi connectivity index (χ1v) is 14.4. The standard InChI is InChI=1S/C28H29ClN4O4S2/c1-15-7-8-16(2)20(11-15)21-13-38-26(24(21)27(35)36-6)30-23(34)14-39-28-32-31-25(33(28)5)18(4)37-19-9-10-22(29)17(3)12-19/h7-13,18H,14H2,1-6H3,(H,30,34). The molecule has 0 spiro atoms. The van der Waals surface area contributed by atoms with Gasteiger partial charge in [-0.3, -0.25) is 4.79 Å². The number of ether oxygens (including phenoxy) is 2. The van der Waals surface area contributed by atoms with E-state index in [1.807, 2.05) is 64.4 Å². The van der Waals surface area contributed by atoms with Crippen molar-refractivity contribution in [3.8, 4) is 16.9 Å². The van der Waals surface area contributed by atoms with E-state index in [2.05, 4.69) is 15.5 Å². The molecule has 0 saturated carbocycles. The molecule has 1 atom stereocenters. The summed E-state index contributed by atoms with van der Waals surface area (Å²) in [5.41, 5.74) is 5.03. The Morgan fingerprint density at radius 3 is 2.59 bits per heavy atom. The van der Waals surface area contributed by atoms with Gasteiger partial charge in [0.05, 0.1) is 12.9 Å². The Balaban J connectivity index is 1.45. The lowest BCUT2D eigenvalue weighted by molar-refractivity contribution is -0.113. The number of amides is 1. The van der Waals surface area contributed by atoms with Crippen LogP contribution < -0.4 is 10.1 Å². The van der Waals surface area contributed by atoms with Gasteiger partial charge in [0.2, 0.25) is 5.91 Å². The molecule has 0 radical (unpaired) electrons. The van der Waals surface area contributed by atoms with Gasteiger partial charge in [-0.25, -0.2) is 4.79 Å². The van der Waals surface area contributed by atoms with Crippen LogP contribution in [0.15, 0.2) is 46.9 Å². The largest absolute Gasteiger partial charge is 0.483 e. The molecule has 0 bridgehead atoms. The second-order valence-electron chi connectivity index (χ2n) is 9.07. The van der Waals surface area contributed by atoms with Gasteiger partial charge < -0.3 is 19.4 Å². The topological polar surface area (TPSA) is 95.3 Å². The zero-order valence-corrected chi connectivity index (χ0v) is 24.9. The number of hydrogen-bond donors (Lipinski definition) is 1. The number of nitrogens with zero attached hydrogens (tertiary/aromatic N) is 3. The van der Waals surface area contributed by atoms with Gasteiger partial charge in [0.15, 0.2) is 17.1 Å². The normalized spacial score (nSPS) is 11.8. The number of nitrogens with one attached hydrogen (secondary N) is 1. The van der Waals surface area contributed by atoms with Crippen LogP contribution in [0.5, 0.6) is 5.75 Å². The summed E-state index contributed by atoms with van der Waals surface area (Å²) < 4.78 is 12.9. The van der Waals surface area contributed by atoms with E-state index in [1.54, 1.807) is 16.7 Å². The molecule has 0 aliphatic carbocycles. The van der Waals surface area contributed by atoms with Gasteiger partial charge in [0, 0.05) is 23.0 Å². The highest BCUT2D eigenvalue weighted by atomic mass is 35.5. The third-order valence-corrected chi connectivity index (χ3v) is 8.46. The average Bonchev–Trinajstić information content (AvgIpc) is 3.49. The van der Waals surface area contributed by atoms with Gasteiger partial charge in [-0.15, -0.1) is 21.5 Å². The maximum atomic E-state index is 12.9. The Hall–Kier alpha value is -3.34. The Morgan fingerprint density at radius 1 is 1.10 bits per heavy atom. The van der Waals surface area contributed by atoms with Crippen LogP contribution in [0.25, 0.3) is 11.1 Å². The summed E-state index contributed by atoms with van der Waals surface area (Å²) in [6.07, 6.45) is -0.372. The predicted molar refractivity (Wildman–Crippen MR) is 156 cm³/mol. The quantitative estimate of drug-likeness (QED) is 0.171. The SMILES string of the molecule is COC(=O)c1c(-c2cc(C)ccc2C)csc1NC(=O)CSc1nnc(C(C)Oc2ccc(Cl)c(C)c2)n1C. The van der Waals surface area contributed by atoms with E-state index >= 15 is 0 Å². The smallest absolute Gasteiger partial charge is 0.341 e. The number of carbonyl (C=O) groups is 2. The van der Waals surface area contributed by atoms with Crippen LogP contribution in [0.4, 0.5) is 5.00 Å². The van der Waals surface area contributed by atoms with E-state index in [0.29, 0.717) is 32.3 Å². The molecule has 0 aliphatic rings. The summed E-state index contributed by atoms with van der Waals surface area (Å²) in [7, 11) is 3.16. The molecular formula is C28H29ClN4O4S2. The third-order valence-electron chi connectivity index (χ3n) is 6.12. The molecule has 2 heterocycles. The van der Waals surface area contributed by atoms with Crippen LogP contribution in [0.2, 0.25) is 5.02 Å². The summed E-state index contributed by atoms with van der Waals surface area (Å²) in [6.45, 7) is 7.78. The zero-order valence-electron chi connectivity index (χ0n) is 22.5. The van der Waals surface area contributed by atoms with Crippen molar-refractivity contribution in [2.75, 3.05) is 18.2 Å². The number of rotatable bonds is 9. The molecule has 1 N–H and O–H groups in total. The molecular weight excluding hydrogens is 556 g/mol. The third kappa shape index (κ3) is 6.46. The first kappa shape index (κ1) is 28.7. The van der Waals surface area contributed by atoms with Crippen LogP contribution in [0.3, 0.4) is 0 Å². The molecule has 0 fully saturated rings.